The van der Waals surface area contributed by atoms with Gasteiger partial charge in [-0.2, -0.15) is 0 Å². The van der Waals surface area contributed by atoms with Crippen LogP contribution in [0.1, 0.15) is 5.56 Å². The zero-order valence-corrected chi connectivity index (χ0v) is 13.9. The molecule has 2 aromatic carbocycles. The maximum Gasteiger partial charge on any atom is 0.137 e. The molecule has 2 aromatic heterocycles. The molecule has 0 radical (unpaired) electrons. The summed E-state index contributed by atoms with van der Waals surface area (Å²) in [5, 5.41) is 10.2. The normalized spacial score (nSPS) is 11.0. The third-order valence-electron chi connectivity index (χ3n) is 4.40. The molecule has 4 nitrogen and oxygen atoms in total. The predicted molar refractivity (Wildman–Crippen MR) is 99.4 cm³/mol. The first-order chi connectivity index (χ1) is 12.3. The number of rotatable bonds is 4. The number of hydrogen-bond donors (Lipinski definition) is 2. The molecule has 0 amide bonds. The summed E-state index contributed by atoms with van der Waals surface area (Å²) in [7, 11) is 1.68. The predicted octanol–water partition coefficient (Wildman–Crippen LogP) is 4.40. The molecule has 124 valence electrons. The number of nitrogens with one attached hydrogen (secondary N) is 1. The first-order valence-corrected chi connectivity index (χ1v) is 8.11. The summed E-state index contributed by atoms with van der Waals surface area (Å²) < 4.78 is 5.50. The highest BCUT2D eigenvalue weighted by Gasteiger charge is 2.12. The molecule has 25 heavy (non-hydrogen) atoms. The van der Waals surface area contributed by atoms with Crippen molar-refractivity contribution in [2.45, 2.75) is 6.61 Å². The summed E-state index contributed by atoms with van der Waals surface area (Å²) in [4.78, 5) is 7.79. The maximum atomic E-state index is 9.20. The molecule has 0 aliphatic carbocycles. The lowest BCUT2D eigenvalue weighted by Crippen LogP contribution is -1.87. The standard InChI is InChI=1S/C21H18N2O2/c1-25-20-5-3-2-4-17(20)19-12-23-21-18(19)10-16(11-22-21)15-8-6-14(13-24)7-9-15/h2-12,24H,13H2,1H3,(H,22,23). The Morgan fingerprint density at radius 2 is 1.80 bits per heavy atom. The summed E-state index contributed by atoms with van der Waals surface area (Å²) in [5.41, 5.74) is 5.94. The summed E-state index contributed by atoms with van der Waals surface area (Å²) in [6.07, 6.45) is 3.83. The van der Waals surface area contributed by atoms with Crippen LogP contribution in [0.5, 0.6) is 5.75 Å². The number of hydrogen-bond acceptors (Lipinski definition) is 3. The van der Waals surface area contributed by atoms with E-state index in [-0.39, 0.29) is 6.61 Å². The maximum absolute atomic E-state index is 9.20. The molecule has 0 fully saturated rings. The van der Waals surface area contributed by atoms with Gasteiger partial charge in [0.25, 0.3) is 0 Å². The molecule has 2 N–H and O–H groups in total. The molecular formula is C21H18N2O2. The van der Waals surface area contributed by atoms with Crippen molar-refractivity contribution in [2.75, 3.05) is 7.11 Å². The Kier molecular flexibility index (Phi) is 3.96. The van der Waals surface area contributed by atoms with E-state index >= 15 is 0 Å². The van der Waals surface area contributed by atoms with Gasteiger partial charge >= 0.3 is 0 Å². The highest BCUT2D eigenvalue weighted by molar-refractivity contribution is 5.97. The van der Waals surface area contributed by atoms with Crippen LogP contribution in [0.2, 0.25) is 0 Å². The zero-order chi connectivity index (χ0) is 17.2. The quantitative estimate of drug-likeness (QED) is 0.583. The number of aromatic nitrogens is 2. The van der Waals surface area contributed by atoms with Gasteiger partial charge in [-0.3, -0.25) is 0 Å². The van der Waals surface area contributed by atoms with Crippen molar-refractivity contribution in [3.8, 4) is 28.0 Å². The molecule has 0 atom stereocenters. The number of pyridine rings is 1. The van der Waals surface area contributed by atoms with E-state index in [1.165, 1.54) is 0 Å². The summed E-state index contributed by atoms with van der Waals surface area (Å²) in [6, 6.07) is 18.0. The first kappa shape index (κ1) is 15.4. The van der Waals surface area contributed by atoms with Gasteiger partial charge in [0.05, 0.1) is 13.7 Å². The lowest BCUT2D eigenvalue weighted by atomic mass is 10.0. The minimum atomic E-state index is 0.0489. The number of methoxy groups -OCH3 is 1. The Balaban J connectivity index is 1.85. The molecule has 0 unspecified atom stereocenters. The fourth-order valence-corrected chi connectivity index (χ4v) is 3.05. The van der Waals surface area contributed by atoms with Crippen LogP contribution in [0.15, 0.2) is 67.0 Å². The van der Waals surface area contributed by atoms with Crippen molar-refractivity contribution >= 4 is 11.0 Å². The summed E-state index contributed by atoms with van der Waals surface area (Å²) in [5.74, 6) is 0.834. The van der Waals surface area contributed by atoms with Crippen LogP contribution in [0.4, 0.5) is 0 Å². The molecule has 4 heteroatoms. The van der Waals surface area contributed by atoms with E-state index in [0.29, 0.717) is 0 Å². The second-order valence-corrected chi connectivity index (χ2v) is 5.88. The monoisotopic (exact) mass is 330 g/mol. The fourth-order valence-electron chi connectivity index (χ4n) is 3.05. The molecule has 0 saturated carbocycles. The molecule has 0 bridgehead atoms. The van der Waals surface area contributed by atoms with Crippen molar-refractivity contribution in [3.63, 3.8) is 0 Å². The Labute approximate surface area is 145 Å². The Bertz CT molecular complexity index is 1020. The van der Waals surface area contributed by atoms with Crippen LogP contribution in [0.25, 0.3) is 33.3 Å². The molecule has 4 aromatic rings. The van der Waals surface area contributed by atoms with Gasteiger partial charge in [0, 0.05) is 34.5 Å². The van der Waals surface area contributed by atoms with Gasteiger partial charge in [-0.15, -0.1) is 0 Å². The van der Waals surface area contributed by atoms with E-state index in [1.807, 2.05) is 60.9 Å². The third kappa shape index (κ3) is 2.77. The zero-order valence-electron chi connectivity index (χ0n) is 13.9. The van der Waals surface area contributed by atoms with Crippen LogP contribution in [0.3, 0.4) is 0 Å². The van der Waals surface area contributed by atoms with Gasteiger partial charge < -0.3 is 14.8 Å². The Morgan fingerprint density at radius 3 is 2.56 bits per heavy atom. The van der Waals surface area contributed by atoms with E-state index in [9.17, 15) is 5.11 Å². The number of aliphatic hydroxyl groups is 1. The average molecular weight is 330 g/mol. The fraction of sp³-hybridized carbons (Fsp3) is 0.0952. The number of aliphatic hydroxyl groups excluding tert-OH is 1. The van der Waals surface area contributed by atoms with Crippen molar-refractivity contribution in [1.82, 2.24) is 9.97 Å². The van der Waals surface area contributed by atoms with E-state index in [1.54, 1.807) is 7.11 Å². The van der Waals surface area contributed by atoms with E-state index in [2.05, 4.69) is 16.0 Å². The van der Waals surface area contributed by atoms with Crippen LogP contribution in [-0.2, 0) is 6.61 Å². The van der Waals surface area contributed by atoms with Gasteiger partial charge in [0.1, 0.15) is 11.4 Å². The topological polar surface area (TPSA) is 58.1 Å². The smallest absolute Gasteiger partial charge is 0.137 e. The molecule has 0 spiro atoms. The average Bonchev–Trinajstić information content (AvgIpc) is 3.11. The van der Waals surface area contributed by atoms with Crippen LogP contribution in [-0.4, -0.2) is 22.2 Å². The molecule has 4 rings (SSSR count). The SMILES string of the molecule is COc1ccccc1-c1c[nH]c2ncc(-c3ccc(CO)cc3)cc12. The minimum absolute atomic E-state index is 0.0489. The first-order valence-electron chi connectivity index (χ1n) is 8.11. The largest absolute Gasteiger partial charge is 0.496 e. The number of ether oxygens (including phenoxy) is 1. The van der Waals surface area contributed by atoms with Crippen molar-refractivity contribution in [2.24, 2.45) is 0 Å². The number of para-hydroxylation sites is 1. The lowest BCUT2D eigenvalue weighted by Gasteiger charge is -2.08. The lowest BCUT2D eigenvalue weighted by molar-refractivity contribution is 0.282. The van der Waals surface area contributed by atoms with Crippen molar-refractivity contribution in [3.05, 3.63) is 72.6 Å². The van der Waals surface area contributed by atoms with Crippen molar-refractivity contribution in [1.29, 1.82) is 0 Å². The highest BCUT2D eigenvalue weighted by Crippen LogP contribution is 2.35. The Hall–Kier alpha value is -3.11. The number of H-pyrrole nitrogens is 1. The summed E-state index contributed by atoms with van der Waals surface area (Å²) >= 11 is 0. The Morgan fingerprint density at radius 1 is 1.00 bits per heavy atom. The van der Waals surface area contributed by atoms with Crippen LogP contribution in [0, 0.1) is 0 Å². The summed E-state index contributed by atoms with van der Waals surface area (Å²) in [6.45, 7) is 0.0489. The van der Waals surface area contributed by atoms with Crippen molar-refractivity contribution < 1.29 is 9.84 Å². The van der Waals surface area contributed by atoms with Gasteiger partial charge in [0.15, 0.2) is 0 Å². The molecule has 0 aliphatic heterocycles. The molecule has 0 aliphatic rings. The number of aromatic amines is 1. The number of fused-ring (bicyclic) bond motifs is 1. The minimum Gasteiger partial charge on any atom is -0.496 e. The van der Waals surface area contributed by atoms with Crippen LogP contribution >= 0.6 is 0 Å². The molecule has 2 heterocycles. The number of benzene rings is 2. The van der Waals surface area contributed by atoms with Crippen LogP contribution < -0.4 is 4.74 Å². The van der Waals surface area contributed by atoms with Gasteiger partial charge in [0.2, 0.25) is 0 Å². The second kappa shape index (κ2) is 6.42. The highest BCUT2D eigenvalue weighted by atomic mass is 16.5. The van der Waals surface area contributed by atoms with E-state index in [4.69, 9.17) is 4.74 Å². The van der Waals surface area contributed by atoms with Gasteiger partial charge in [-0.25, -0.2) is 4.98 Å². The van der Waals surface area contributed by atoms with E-state index in [0.717, 1.165) is 44.6 Å². The van der Waals surface area contributed by atoms with Gasteiger partial charge in [-0.05, 0) is 23.3 Å². The van der Waals surface area contributed by atoms with Gasteiger partial charge in [-0.1, -0.05) is 42.5 Å². The molecule has 0 saturated heterocycles. The molecular weight excluding hydrogens is 312 g/mol. The number of nitrogens with zero attached hydrogens (tertiary/aromatic N) is 1. The second-order valence-electron chi connectivity index (χ2n) is 5.88. The van der Waals surface area contributed by atoms with E-state index < -0.39 is 0 Å². The third-order valence-corrected chi connectivity index (χ3v) is 4.40.